The second-order valence-corrected chi connectivity index (χ2v) is 6.47. The normalized spacial score (nSPS) is 12.8. The van der Waals surface area contributed by atoms with Gasteiger partial charge in [-0.1, -0.05) is 125 Å². The van der Waals surface area contributed by atoms with Crippen LogP contribution in [0.15, 0.2) is 72.9 Å². The topological polar surface area (TPSA) is 26.3 Å². The predicted molar refractivity (Wildman–Crippen MR) is 119 cm³/mol. The van der Waals surface area contributed by atoms with Crippen molar-refractivity contribution in [1.82, 2.24) is 0 Å². The molecule has 0 heterocycles. The molecule has 27 heavy (non-hydrogen) atoms. The monoisotopic (exact) mass is 370 g/mol. The lowest BCUT2D eigenvalue weighted by molar-refractivity contribution is -0.134. The number of hydrogen-bond acceptors (Lipinski definition) is 2. The molecule has 0 saturated heterocycles. The molecule has 0 bridgehead atoms. The molecule has 2 nitrogen and oxygen atoms in total. The van der Waals surface area contributed by atoms with Crippen LogP contribution in [0, 0.1) is 0 Å². The van der Waals surface area contributed by atoms with Crippen LogP contribution < -0.4 is 0 Å². The van der Waals surface area contributed by atoms with Crippen LogP contribution in [0.3, 0.4) is 0 Å². The van der Waals surface area contributed by atoms with E-state index in [1.165, 1.54) is 77.4 Å². The fourth-order valence-electron chi connectivity index (χ4n) is 2.46. The first kappa shape index (κ1) is 24.9. The number of rotatable bonds is 16. The molecular formula is C25H38O2. The van der Waals surface area contributed by atoms with Gasteiger partial charge in [-0.3, -0.25) is 0 Å². The summed E-state index contributed by atoms with van der Waals surface area (Å²) in [5.41, 5.74) is 0. The first-order valence-corrected chi connectivity index (χ1v) is 10.4. The summed E-state index contributed by atoms with van der Waals surface area (Å²) in [6.07, 6.45) is 36.6. The van der Waals surface area contributed by atoms with Gasteiger partial charge in [-0.05, 0) is 12.8 Å². The maximum absolute atomic E-state index is 10.8. The zero-order chi connectivity index (χ0) is 19.8. The molecule has 0 saturated carbocycles. The second kappa shape index (κ2) is 22.0. The minimum Gasteiger partial charge on any atom is -0.466 e. The fourth-order valence-corrected chi connectivity index (χ4v) is 2.46. The van der Waals surface area contributed by atoms with E-state index in [0.717, 1.165) is 0 Å². The number of carbonyl (C=O) groups excluding carboxylic acids is 1. The molecule has 0 spiro atoms. The molecule has 2 heteroatoms. The van der Waals surface area contributed by atoms with E-state index in [1.807, 2.05) is 36.5 Å². The van der Waals surface area contributed by atoms with Crippen molar-refractivity contribution >= 4 is 5.97 Å². The molecule has 0 N–H and O–H groups in total. The Bertz CT molecular complexity index is 504. The van der Waals surface area contributed by atoms with Crippen molar-refractivity contribution in [3.8, 4) is 0 Å². The predicted octanol–water partition coefficient (Wildman–Crippen LogP) is 7.42. The largest absolute Gasteiger partial charge is 0.466 e. The smallest absolute Gasteiger partial charge is 0.330 e. The van der Waals surface area contributed by atoms with E-state index in [9.17, 15) is 4.79 Å². The average molecular weight is 371 g/mol. The molecule has 0 aliphatic carbocycles. The lowest BCUT2D eigenvalue weighted by atomic mass is 10.1. The van der Waals surface area contributed by atoms with Crippen LogP contribution in [-0.4, -0.2) is 13.1 Å². The van der Waals surface area contributed by atoms with Gasteiger partial charge in [-0.2, -0.15) is 0 Å². The van der Waals surface area contributed by atoms with Crippen molar-refractivity contribution < 1.29 is 9.53 Å². The third-order valence-corrected chi connectivity index (χ3v) is 4.04. The summed E-state index contributed by atoms with van der Waals surface area (Å²) >= 11 is 0. The maximum atomic E-state index is 10.8. The number of unbranched alkanes of at least 4 members (excludes halogenated alkanes) is 9. The summed E-state index contributed by atoms with van der Waals surface area (Å²) in [5, 5.41) is 0. The Balaban J connectivity index is 3.55. The molecule has 0 aromatic carbocycles. The van der Waals surface area contributed by atoms with Gasteiger partial charge in [0.1, 0.15) is 0 Å². The van der Waals surface area contributed by atoms with Crippen LogP contribution in [0.1, 0.15) is 71.1 Å². The van der Waals surface area contributed by atoms with Gasteiger partial charge in [0.15, 0.2) is 0 Å². The van der Waals surface area contributed by atoms with Gasteiger partial charge >= 0.3 is 5.97 Å². The molecule has 0 amide bonds. The molecular weight excluding hydrogens is 332 g/mol. The quantitative estimate of drug-likeness (QED) is 0.122. The molecule has 0 radical (unpaired) electrons. The van der Waals surface area contributed by atoms with Crippen molar-refractivity contribution in [3.63, 3.8) is 0 Å². The highest BCUT2D eigenvalue weighted by Crippen LogP contribution is 2.10. The lowest BCUT2D eigenvalue weighted by Crippen LogP contribution is -1.92. The zero-order valence-electron chi connectivity index (χ0n) is 17.3. The molecule has 0 aliphatic rings. The minimum absolute atomic E-state index is 0.348. The summed E-state index contributed by atoms with van der Waals surface area (Å²) in [5.74, 6) is -0.348. The van der Waals surface area contributed by atoms with E-state index in [0.29, 0.717) is 0 Å². The highest BCUT2D eigenvalue weighted by atomic mass is 16.5. The van der Waals surface area contributed by atoms with Crippen LogP contribution >= 0.6 is 0 Å². The molecule has 0 aliphatic heterocycles. The van der Waals surface area contributed by atoms with Crippen molar-refractivity contribution in [2.24, 2.45) is 0 Å². The maximum Gasteiger partial charge on any atom is 0.330 e. The lowest BCUT2D eigenvalue weighted by Gasteiger charge is -2.00. The highest BCUT2D eigenvalue weighted by Gasteiger charge is 1.90. The molecule has 0 fully saturated rings. The summed E-state index contributed by atoms with van der Waals surface area (Å²) < 4.78 is 4.49. The van der Waals surface area contributed by atoms with Crippen LogP contribution in [0.25, 0.3) is 0 Å². The Kier molecular flexibility index (Phi) is 20.3. The Labute approximate surface area is 167 Å². The van der Waals surface area contributed by atoms with Crippen LogP contribution in [0.5, 0.6) is 0 Å². The number of methoxy groups -OCH3 is 1. The number of carbonyl (C=O) groups is 1. The van der Waals surface area contributed by atoms with E-state index in [-0.39, 0.29) is 5.97 Å². The molecule has 150 valence electrons. The molecule has 0 rings (SSSR count). The summed E-state index contributed by atoms with van der Waals surface area (Å²) in [4.78, 5) is 10.8. The Morgan fingerprint density at radius 1 is 0.630 bits per heavy atom. The van der Waals surface area contributed by atoms with Crippen molar-refractivity contribution in [3.05, 3.63) is 72.9 Å². The fraction of sp³-hybridized carbons (Fsp3) is 0.480. The summed E-state index contributed by atoms with van der Waals surface area (Å²) in [6, 6.07) is 0. The Morgan fingerprint density at radius 3 is 1.59 bits per heavy atom. The summed E-state index contributed by atoms with van der Waals surface area (Å²) in [7, 11) is 1.36. The van der Waals surface area contributed by atoms with E-state index < -0.39 is 0 Å². The zero-order valence-corrected chi connectivity index (χ0v) is 17.3. The third-order valence-electron chi connectivity index (χ3n) is 4.04. The number of hydrogen-bond donors (Lipinski definition) is 0. The van der Waals surface area contributed by atoms with Gasteiger partial charge in [-0.25, -0.2) is 4.79 Å². The SMILES string of the molecule is CCCCCCCCCCCC=CC=CC=CC=CC=CC=CC(=O)OC. The van der Waals surface area contributed by atoms with Gasteiger partial charge < -0.3 is 4.74 Å². The van der Waals surface area contributed by atoms with Crippen molar-refractivity contribution in [1.29, 1.82) is 0 Å². The molecule has 0 aromatic heterocycles. The van der Waals surface area contributed by atoms with Gasteiger partial charge in [0.05, 0.1) is 7.11 Å². The van der Waals surface area contributed by atoms with E-state index in [2.05, 4.69) is 29.9 Å². The van der Waals surface area contributed by atoms with Crippen molar-refractivity contribution in [2.75, 3.05) is 7.11 Å². The second-order valence-electron chi connectivity index (χ2n) is 6.47. The van der Waals surface area contributed by atoms with Gasteiger partial charge in [0, 0.05) is 6.08 Å². The molecule has 0 unspecified atom stereocenters. The first-order valence-electron chi connectivity index (χ1n) is 10.4. The van der Waals surface area contributed by atoms with Gasteiger partial charge in [0.2, 0.25) is 0 Å². The van der Waals surface area contributed by atoms with E-state index >= 15 is 0 Å². The van der Waals surface area contributed by atoms with Crippen LogP contribution in [-0.2, 0) is 9.53 Å². The highest BCUT2D eigenvalue weighted by molar-refractivity contribution is 5.82. The number of allylic oxidation sites excluding steroid dienone is 11. The van der Waals surface area contributed by atoms with Crippen LogP contribution in [0.2, 0.25) is 0 Å². The minimum atomic E-state index is -0.348. The van der Waals surface area contributed by atoms with Gasteiger partial charge in [0.25, 0.3) is 0 Å². The molecule has 0 atom stereocenters. The van der Waals surface area contributed by atoms with Gasteiger partial charge in [-0.15, -0.1) is 0 Å². The standard InChI is InChI=1S/C25H38O2/c1-3-4-5-6-7-8-9-10-11-12-13-14-15-16-17-18-19-20-21-22-23-24-25(26)27-2/h13-24H,3-12H2,1-2H3. The average Bonchev–Trinajstić information content (AvgIpc) is 2.68. The van der Waals surface area contributed by atoms with Crippen LogP contribution in [0.4, 0.5) is 0 Å². The Hall–Kier alpha value is -2.09. The number of ether oxygens (including phenoxy) is 1. The third kappa shape index (κ3) is 21.9. The first-order chi connectivity index (χ1) is 13.3. The number of esters is 1. The van der Waals surface area contributed by atoms with E-state index in [4.69, 9.17) is 0 Å². The van der Waals surface area contributed by atoms with E-state index in [1.54, 1.807) is 12.2 Å². The summed E-state index contributed by atoms with van der Waals surface area (Å²) in [6.45, 7) is 2.27. The molecule has 0 aromatic rings. The van der Waals surface area contributed by atoms with Crippen molar-refractivity contribution in [2.45, 2.75) is 71.1 Å². The Morgan fingerprint density at radius 2 is 1.07 bits per heavy atom.